The monoisotopic (exact) mass is 552 g/mol. The summed E-state index contributed by atoms with van der Waals surface area (Å²) >= 11 is 0. The molecule has 0 aromatic heterocycles. The summed E-state index contributed by atoms with van der Waals surface area (Å²) in [6.45, 7) is 6.47. The predicted molar refractivity (Wildman–Crippen MR) is 135 cm³/mol. The summed E-state index contributed by atoms with van der Waals surface area (Å²) in [6, 6.07) is 8.11. The summed E-state index contributed by atoms with van der Waals surface area (Å²) in [5.74, 6) is 2.46. The second-order valence-electron chi connectivity index (χ2n) is 7.61. The van der Waals surface area contributed by atoms with Crippen LogP contribution in [0.15, 0.2) is 29.3 Å². The topological polar surface area (TPSA) is 91.8 Å². The van der Waals surface area contributed by atoms with Crippen molar-refractivity contribution in [2.45, 2.75) is 45.4 Å². The molecule has 0 amide bonds. The predicted octanol–water partition coefficient (Wildman–Crippen LogP) is 3.08. The number of nitrogens with one attached hydrogen (secondary N) is 3. The van der Waals surface area contributed by atoms with Gasteiger partial charge < -0.3 is 15.4 Å². The van der Waals surface area contributed by atoms with Crippen LogP contribution in [-0.2, 0) is 10.0 Å². The van der Waals surface area contributed by atoms with E-state index in [0.29, 0.717) is 37.4 Å². The van der Waals surface area contributed by atoms with Gasteiger partial charge in [0.15, 0.2) is 5.96 Å². The van der Waals surface area contributed by atoms with E-state index in [1.54, 1.807) is 7.11 Å². The average Bonchev–Trinajstić information content (AvgIpc) is 2.66. The van der Waals surface area contributed by atoms with Crippen molar-refractivity contribution < 1.29 is 13.2 Å². The number of ether oxygens (including phenoxy) is 1. The highest BCUT2D eigenvalue weighted by molar-refractivity contribution is 14.0. The van der Waals surface area contributed by atoms with E-state index in [1.807, 2.05) is 19.1 Å². The lowest BCUT2D eigenvalue weighted by molar-refractivity contribution is 0.316. The Morgan fingerprint density at radius 1 is 1.23 bits per heavy atom. The van der Waals surface area contributed by atoms with Crippen LogP contribution in [0.3, 0.4) is 0 Å². The minimum atomic E-state index is -3.24. The average molecular weight is 553 g/mol. The minimum absolute atomic E-state index is 0. The zero-order valence-corrected chi connectivity index (χ0v) is 21.5. The summed E-state index contributed by atoms with van der Waals surface area (Å²) in [6.07, 6.45) is 4.39. The molecule has 0 heterocycles. The molecular weight excluding hydrogens is 515 g/mol. The molecule has 1 fully saturated rings. The summed E-state index contributed by atoms with van der Waals surface area (Å²) in [5.41, 5.74) is 1.25. The molecule has 3 N–H and O–H groups in total. The molecule has 0 spiro atoms. The number of aliphatic imine (C=N–C) groups is 1. The van der Waals surface area contributed by atoms with Crippen LogP contribution in [0.4, 0.5) is 0 Å². The van der Waals surface area contributed by atoms with E-state index < -0.39 is 10.0 Å². The second kappa shape index (κ2) is 14.1. The van der Waals surface area contributed by atoms with Crippen LogP contribution in [0.2, 0.25) is 0 Å². The van der Waals surface area contributed by atoms with E-state index in [4.69, 9.17) is 4.74 Å². The van der Waals surface area contributed by atoms with Gasteiger partial charge in [0.25, 0.3) is 0 Å². The summed E-state index contributed by atoms with van der Waals surface area (Å²) in [7, 11) is -1.58. The van der Waals surface area contributed by atoms with Gasteiger partial charge in [0.05, 0.1) is 12.9 Å². The third-order valence-electron chi connectivity index (χ3n) is 5.34. The molecule has 9 heteroatoms. The van der Waals surface area contributed by atoms with Gasteiger partial charge in [-0.3, -0.25) is 4.99 Å². The third-order valence-corrected chi connectivity index (χ3v) is 6.69. The van der Waals surface area contributed by atoms with Crippen molar-refractivity contribution in [3.63, 3.8) is 0 Å². The molecule has 2 rings (SSSR count). The van der Waals surface area contributed by atoms with Crippen LogP contribution >= 0.6 is 24.0 Å². The molecule has 1 aliphatic carbocycles. The zero-order valence-electron chi connectivity index (χ0n) is 18.3. The minimum Gasteiger partial charge on any atom is -0.497 e. The van der Waals surface area contributed by atoms with Crippen LogP contribution in [0, 0.1) is 5.92 Å². The van der Waals surface area contributed by atoms with Gasteiger partial charge in [-0.2, -0.15) is 0 Å². The number of halogens is 1. The smallest absolute Gasteiger partial charge is 0.213 e. The lowest BCUT2D eigenvalue weighted by Crippen LogP contribution is -2.42. The van der Waals surface area contributed by atoms with Crippen molar-refractivity contribution in [1.29, 1.82) is 0 Å². The molecule has 7 nitrogen and oxygen atoms in total. The Hall–Kier alpha value is -1.07. The van der Waals surface area contributed by atoms with Crippen molar-refractivity contribution in [1.82, 2.24) is 15.4 Å². The molecule has 1 aliphatic rings. The number of rotatable bonds is 12. The molecule has 1 aromatic carbocycles. The Balaban J connectivity index is 0.00000450. The van der Waals surface area contributed by atoms with E-state index in [9.17, 15) is 8.42 Å². The van der Waals surface area contributed by atoms with Crippen molar-refractivity contribution in [3.05, 3.63) is 29.8 Å². The van der Waals surface area contributed by atoms with Crippen LogP contribution < -0.4 is 20.1 Å². The normalized spacial score (nSPS) is 15.6. The second-order valence-corrected chi connectivity index (χ2v) is 9.54. The van der Waals surface area contributed by atoms with Crippen LogP contribution in [0.1, 0.15) is 51.0 Å². The first-order valence-corrected chi connectivity index (χ1v) is 12.2. The summed E-state index contributed by atoms with van der Waals surface area (Å²) < 4.78 is 32.1. The number of hydrogen-bond acceptors (Lipinski definition) is 4. The molecule has 30 heavy (non-hydrogen) atoms. The summed E-state index contributed by atoms with van der Waals surface area (Å²) in [5, 5.41) is 6.30. The number of nitrogens with zero attached hydrogens (tertiary/aromatic N) is 1. The van der Waals surface area contributed by atoms with Gasteiger partial charge in [-0.15, -0.1) is 24.0 Å². The van der Waals surface area contributed by atoms with Crippen LogP contribution in [0.5, 0.6) is 5.75 Å². The molecular formula is C21H37IN4O3S. The van der Waals surface area contributed by atoms with Gasteiger partial charge in [0.2, 0.25) is 10.0 Å². The Labute approximate surface area is 198 Å². The highest BCUT2D eigenvalue weighted by Gasteiger charge is 2.20. The molecule has 0 bridgehead atoms. The number of sulfonamides is 1. The van der Waals surface area contributed by atoms with Gasteiger partial charge in [-0.05, 0) is 55.7 Å². The summed E-state index contributed by atoms with van der Waals surface area (Å²) in [4.78, 5) is 4.58. The van der Waals surface area contributed by atoms with Crippen LogP contribution in [0.25, 0.3) is 0 Å². The zero-order chi connectivity index (χ0) is 21.1. The first-order chi connectivity index (χ1) is 13.9. The fourth-order valence-electron chi connectivity index (χ4n) is 3.13. The van der Waals surface area contributed by atoms with Gasteiger partial charge >= 0.3 is 0 Å². The maximum atomic E-state index is 12.1. The van der Waals surface area contributed by atoms with Gasteiger partial charge in [0, 0.05) is 26.2 Å². The number of hydrogen-bond donors (Lipinski definition) is 3. The Kier molecular flexibility index (Phi) is 12.7. The fraction of sp³-hybridized carbons (Fsp3) is 0.667. The van der Waals surface area contributed by atoms with E-state index in [-0.39, 0.29) is 29.7 Å². The maximum Gasteiger partial charge on any atom is 0.213 e. The molecule has 1 atom stereocenters. The standard InChI is InChI=1S/C21H36N4O3S.HI/c1-4-22-21(24-14-15-29(26,27)25-16-18-6-5-7-18)23-13-12-17(2)19-8-10-20(28-3)11-9-19;/h8-11,17-18,25H,4-7,12-16H2,1-3H3,(H2,22,23,24);1H. The maximum absolute atomic E-state index is 12.1. The molecule has 1 unspecified atom stereocenters. The lowest BCUT2D eigenvalue weighted by Gasteiger charge is -2.25. The number of guanidine groups is 1. The van der Waals surface area contributed by atoms with Crippen LogP contribution in [-0.4, -0.2) is 53.4 Å². The van der Waals surface area contributed by atoms with Gasteiger partial charge in [0.1, 0.15) is 5.75 Å². The molecule has 1 saturated carbocycles. The van der Waals surface area contributed by atoms with E-state index in [2.05, 4.69) is 39.4 Å². The van der Waals surface area contributed by atoms with E-state index >= 15 is 0 Å². The SMILES string of the molecule is CCNC(=NCCC(C)c1ccc(OC)cc1)NCCS(=O)(=O)NCC1CCC1.I. The van der Waals surface area contributed by atoms with E-state index in [1.165, 1.54) is 12.0 Å². The molecule has 172 valence electrons. The van der Waals surface area contributed by atoms with Gasteiger partial charge in [-0.25, -0.2) is 13.1 Å². The Morgan fingerprint density at radius 2 is 1.93 bits per heavy atom. The fourth-order valence-corrected chi connectivity index (χ4v) is 4.13. The first-order valence-electron chi connectivity index (χ1n) is 10.6. The van der Waals surface area contributed by atoms with Gasteiger partial charge in [-0.1, -0.05) is 25.5 Å². The molecule has 0 radical (unpaired) electrons. The molecule has 0 aliphatic heterocycles. The lowest BCUT2D eigenvalue weighted by atomic mass is 9.86. The van der Waals surface area contributed by atoms with Crippen molar-refractivity contribution in [3.8, 4) is 5.75 Å². The highest BCUT2D eigenvalue weighted by atomic mass is 127. The van der Waals surface area contributed by atoms with Crippen molar-refractivity contribution >= 4 is 40.0 Å². The quantitative estimate of drug-likeness (QED) is 0.211. The Bertz CT molecular complexity index is 737. The molecule has 0 saturated heterocycles. The third kappa shape index (κ3) is 9.82. The number of methoxy groups -OCH3 is 1. The highest BCUT2D eigenvalue weighted by Crippen LogP contribution is 2.25. The van der Waals surface area contributed by atoms with Crippen molar-refractivity contribution in [2.24, 2.45) is 10.9 Å². The first kappa shape index (κ1) is 27.0. The molecule has 1 aromatic rings. The van der Waals surface area contributed by atoms with Crippen molar-refractivity contribution in [2.75, 3.05) is 39.0 Å². The largest absolute Gasteiger partial charge is 0.497 e. The number of benzene rings is 1. The van der Waals surface area contributed by atoms with E-state index in [0.717, 1.165) is 31.6 Å². The Morgan fingerprint density at radius 3 is 2.50 bits per heavy atom.